The molecule has 0 aliphatic rings. The summed E-state index contributed by atoms with van der Waals surface area (Å²) in [5, 5.41) is 18.1. The van der Waals surface area contributed by atoms with Gasteiger partial charge in [-0.1, -0.05) is 24.3 Å². The van der Waals surface area contributed by atoms with E-state index in [1.807, 2.05) is 48.5 Å². The third-order valence-electron chi connectivity index (χ3n) is 4.96. The first-order valence-electron chi connectivity index (χ1n) is 9.83. The minimum Gasteiger partial charge on any atom is -0.497 e. The largest absolute Gasteiger partial charge is 0.573 e. The zero-order valence-electron chi connectivity index (χ0n) is 17.2. The Morgan fingerprint density at radius 2 is 1.48 bits per heavy atom. The predicted octanol–water partition coefficient (Wildman–Crippen LogP) is 5.60. The van der Waals surface area contributed by atoms with Crippen LogP contribution in [0.2, 0.25) is 0 Å². The SMILES string of the molecule is COc1ccc(-c2nnc3c4ccccc4c(Nc4ccc(OC(F)(F)F)cc4)nn23)cc1. The number of aromatic nitrogens is 4. The molecule has 0 spiro atoms. The molecule has 33 heavy (non-hydrogen) atoms. The van der Waals surface area contributed by atoms with Gasteiger partial charge in [0.1, 0.15) is 11.5 Å². The molecular formula is C23H16F3N5O2. The van der Waals surface area contributed by atoms with Crippen molar-refractivity contribution >= 4 is 27.9 Å². The van der Waals surface area contributed by atoms with Crippen LogP contribution in [0.1, 0.15) is 0 Å². The van der Waals surface area contributed by atoms with Crippen LogP contribution in [0.3, 0.4) is 0 Å². The van der Waals surface area contributed by atoms with Gasteiger partial charge >= 0.3 is 6.36 Å². The molecule has 10 heteroatoms. The fourth-order valence-corrected chi connectivity index (χ4v) is 3.47. The quantitative estimate of drug-likeness (QED) is 0.375. The predicted molar refractivity (Wildman–Crippen MR) is 117 cm³/mol. The Hall–Kier alpha value is -4.34. The maximum absolute atomic E-state index is 12.4. The molecule has 1 N–H and O–H groups in total. The summed E-state index contributed by atoms with van der Waals surface area (Å²) in [5.41, 5.74) is 1.92. The maximum Gasteiger partial charge on any atom is 0.573 e. The molecule has 0 bridgehead atoms. The van der Waals surface area contributed by atoms with Crippen molar-refractivity contribution in [1.82, 2.24) is 19.8 Å². The van der Waals surface area contributed by atoms with E-state index in [9.17, 15) is 13.2 Å². The summed E-state index contributed by atoms with van der Waals surface area (Å²) < 4.78 is 48.1. The Labute approximate surface area is 185 Å². The van der Waals surface area contributed by atoms with E-state index in [0.29, 0.717) is 28.7 Å². The molecule has 0 aliphatic carbocycles. The molecule has 5 rings (SSSR count). The van der Waals surface area contributed by atoms with Gasteiger partial charge in [0, 0.05) is 22.0 Å². The van der Waals surface area contributed by atoms with Gasteiger partial charge in [0.15, 0.2) is 17.3 Å². The summed E-state index contributed by atoms with van der Waals surface area (Å²) in [4.78, 5) is 0. The number of anilines is 2. The first-order chi connectivity index (χ1) is 15.9. The molecule has 7 nitrogen and oxygen atoms in total. The first-order valence-corrected chi connectivity index (χ1v) is 9.83. The third kappa shape index (κ3) is 4.10. The summed E-state index contributed by atoms with van der Waals surface area (Å²) in [6.07, 6.45) is -4.75. The summed E-state index contributed by atoms with van der Waals surface area (Å²) in [7, 11) is 1.59. The van der Waals surface area contributed by atoms with Gasteiger partial charge < -0.3 is 14.8 Å². The monoisotopic (exact) mass is 451 g/mol. The van der Waals surface area contributed by atoms with Gasteiger partial charge in [-0.05, 0) is 48.5 Å². The number of fused-ring (bicyclic) bond motifs is 3. The second-order valence-electron chi connectivity index (χ2n) is 7.08. The Morgan fingerprint density at radius 3 is 2.15 bits per heavy atom. The van der Waals surface area contributed by atoms with Crippen LogP contribution >= 0.6 is 0 Å². The number of hydrogen-bond acceptors (Lipinski definition) is 6. The highest BCUT2D eigenvalue weighted by atomic mass is 19.4. The number of hydrogen-bond donors (Lipinski definition) is 1. The number of rotatable bonds is 5. The first kappa shape index (κ1) is 20.6. The second-order valence-corrected chi connectivity index (χ2v) is 7.08. The van der Waals surface area contributed by atoms with E-state index in [4.69, 9.17) is 9.84 Å². The molecule has 0 amide bonds. The van der Waals surface area contributed by atoms with Crippen molar-refractivity contribution in [2.75, 3.05) is 12.4 Å². The van der Waals surface area contributed by atoms with Crippen LogP contribution < -0.4 is 14.8 Å². The van der Waals surface area contributed by atoms with Crippen LogP contribution in [0.15, 0.2) is 72.8 Å². The zero-order chi connectivity index (χ0) is 23.0. The normalized spacial score (nSPS) is 11.6. The van der Waals surface area contributed by atoms with Crippen LogP contribution in [0.5, 0.6) is 11.5 Å². The van der Waals surface area contributed by atoms with E-state index in [2.05, 4.69) is 20.3 Å². The van der Waals surface area contributed by atoms with Crippen LogP contribution in [-0.2, 0) is 0 Å². The molecule has 5 aromatic rings. The lowest BCUT2D eigenvalue weighted by Gasteiger charge is -2.12. The number of nitrogens with zero attached hydrogens (tertiary/aromatic N) is 4. The van der Waals surface area contributed by atoms with Crippen LogP contribution in [0.25, 0.3) is 27.8 Å². The standard InChI is InChI=1S/C23H16F3N5O2/c1-32-16-10-6-14(7-11-16)21-28-29-22-19-5-3-2-4-18(19)20(30-31(21)22)27-15-8-12-17(13-9-15)33-23(24,25)26/h2-13H,1H3,(H,27,30). The Bertz CT molecular complexity index is 1430. The van der Waals surface area contributed by atoms with Crippen LogP contribution in [-0.4, -0.2) is 33.3 Å². The average molecular weight is 451 g/mol. The highest BCUT2D eigenvalue weighted by molar-refractivity contribution is 6.01. The smallest absolute Gasteiger partial charge is 0.497 e. The van der Waals surface area contributed by atoms with Crippen molar-refractivity contribution in [3.63, 3.8) is 0 Å². The molecule has 0 saturated heterocycles. The Morgan fingerprint density at radius 1 is 0.818 bits per heavy atom. The lowest BCUT2D eigenvalue weighted by Crippen LogP contribution is -2.17. The number of methoxy groups -OCH3 is 1. The molecule has 2 heterocycles. The molecular weight excluding hydrogens is 435 g/mol. The van der Waals surface area contributed by atoms with E-state index < -0.39 is 6.36 Å². The molecule has 2 aromatic heterocycles. The fraction of sp³-hybridized carbons (Fsp3) is 0.0870. The van der Waals surface area contributed by atoms with Gasteiger partial charge in [0.2, 0.25) is 0 Å². The molecule has 0 unspecified atom stereocenters. The highest BCUT2D eigenvalue weighted by Gasteiger charge is 2.31. The second kappa shape index (κ2) is 7.97. The van der Waals surface area contributed by atoms with Crippen LogP contribution in [0, 0.1) is 0 Å². The van der Waals surface area contributed by atoms with Crippen molar-refractivity contribution < 1.29 is 22.6 Å². The highest BCUT2D eigenvalue weighted by Crippen LogP contribution is 2.31. The van der Waals surface area contributed by atoms with Gasteiger partial charge in [0.05, 0.1) is 7.11 Å². The van der Waals surface area contributed by atoms with E-state index in [0.717, 1.165) is 16.3 Å². The van der Waals surface area contributed by atoms with E-state index in [-0.39, 0.29) is 5.75 Å². The lowest BCUT2D eigenvalue weighted by atomic mass is 10.1. The summed E-state index contributed by atoms with van der Waals surface area (Å²) >= 11 is 0. The van der Waals surface area contributed by atoms with E-state index in [1.54, 1.807) is 11.6 Å². The van der Waals surface area contributed by atoms with Crippen molar-refractivity contribution in [3.8, 4) is 22.9 Å². The van der Waals surface area contributed by atoms with Crippen LogP contribution in [0.4, 0.5) is 24.7 Å². The fourth-order valence-electron chi connectivity index (χ4n) is 3.47. The molecule has 0 saturated carbocycles. The minimum atomic E-state index is -4.75. The van der Waals surface area contributed by atoms with Gasteiger partial charge in [-0.3, -0.25) is 0 Å². The molecule has 0 radical (unpaired) electrons. The van der Waals surface area contributed by atoms with Gasteiger partial charge in [-0.2, -0.15) is 4.52 Å². The number of ether oxygens (including phenoxy) is 2. The van der Waals surface area contributed by atoms with Crippen molar-refractivity contribution in [1.29, 1.82) is 0 Å². The van der Waals surface area contributed by atoms with Crippen molar-refractivity contribution in [3.05, 3.63) is 72.8 Å². The maximum atomic E-state index is 12.4. The van der Waals surface area contributed by atoms with Gasteiger partial charge in [-0.25, -0.2) is 0 Å². The Kier molecular flexibility index (Phi) is 4.97. The number of nitrogens with one attached hydrogen (secondary N) is 1. The molecule has 166 valence electrons. The van der Waals surface area contributed by atoms with Crippen molar-refractivity contribution in [2.45, 2.75) is 6.36 Å². The van der Waals surface area contributed by atoms with Gasteiger partial charge in [-0.15, -0.1) is 28.5 Å². The van der Waals surface area contributed by atoms with E-state index in [1.165, 1.54) is 24.3 Å². The summed E-state index contributed by atoms with van der Waals surface area (Å²) in [6.45, 7) is 0. The lowest BCUT2D eigenvalue weighted by molar-refractivity contribution is -0.274. The molecule has 0 fully saturated rings. The van der Waals surface area contributed by atoms with Gasteiger partial charge in [0.25, 0.3) is 0 Å². The molecule has 3 aromatic carbocycles. The number of benzene rings is 3. The molecule has 0 atom stereocenters. The van der Waals surface area contributed by atoms with E-state index >= 15 is 0 Å². The minimum absolute atomic E-state index is 0.304. The third-order valence-corrected chi connectivity index (χ3v) is 4.96. The zero-order valence-corrected chi connectivity index (χ0v) is 17.2. The summed E-state index contributed by atoms with van der Waals surface area (Å²) in [6, 6.07) is 20.3. The topological polar surface area (TPSA) is 73.6 Å². The average Bonchev–Trinajstić information content (AvgIpc) is 3.24. The number of alkyl halides is 3. The molecule has 0 aliphatic heterocycles. The Balaban J connectivity index is 1.57. The van der Waals surface area contributed by atoms with Crippen molar-refractivity contribution in [2.24, 2.45) is 0 Å². The summed E-state index contributed by atoms with van der Waals surface area (Å²) in [5.74, 6) is 1.45. The number of halogens is 3.